The van der Waals surface area contributed by atoms with Crippen LogP contribution in [-0.4, -0.2) is 20.3 Å². The number of thioether (sulfide) groups is 1. The molecule has 130 valence electrons. The van der Waals surface area contributed by atoms with E-state index < -0.39 is 0 Å². The number of aryl methyl sites for hydroxylation is 1. The molecule has 0 aliphatic carbocycles. The van der Waals surface area contributed by atoms with Gasteiger partial charge in [0.2, 0.25) is 17.6 Å². The van der Waals surface area contributed by atoms with Crippen molar-refractivity contribution in [3.8, 4) is 22.8 Å². The molecule has 8 heteroatoms. The summed E-state index contributed by atoms with van der Waals surface area (Å²) in [6, 6.07) is 15.7. The molecule has 2 aromatic carbocycles. The highest BCUT2D eigenvalue weighted by Gasteiger charge is 2.14. The van der Waals surface area contributed by atoms with E-state index in [4.69, 9.17) is 8.94 Å². The SMILES string of the molecule is Cc1ccc(-c2noc(CSc3nnc(-c4ccccc4Br)o3)n2)cc1. The molecule has 0 aliphatic heterocycles. The lowest BCUT2D eigenvalue weighted by Gasteiger charge is -1.96. The molecular weight excluding hydrogens is 416 g/mol. The molecule has 2 aromatic heterocycles. The van der Waals surface area contributed by atoms with Crippen LogP contribution in [0.25, 0.3) is 22.8 Å². The standard InChI is InChI=1S/C18H13BrN4O2S/c1-11-6-8-12(9-7-11)16-20-15(25-23-16)10-26-18-22-21-17(24-18)13-4-2-3-5-14(13)19/h2-9H,10H2,1H3. The van der Waals surface area contributed by atoms with E-state index in [1.165, 1.54) is 17.3 Å². The first-order chi connectivity index (χ1) is 12.7. The zero-order valence-electron chi connectivity index (χ0n) is 13.7. The Labute approximate surface area is 162 Å². The number of benzene rings is 2. The van der Waals surface area contributed by atoms with Crippen LogP contribution < -0.4 is 0 Å². The highest BCUT2D eigenvalue weighted by atomic mass is 79.9. The lowest BCUT2D eigenvalue weighted by Crippen LogP contribution is -1.83. The van der Waals surface area contributed by atoms with Gasteiger partial charge in [0.1, 0.15) is 0 Å². The Morgan fingerprint density at radius 3 is 2.65 bits per heavy atom. The van der Waals surface area contributed by atoms with Gasteiger partial charge in [-0.3, -0.25) is 0 Å². The summed E-state index contributed by atoms with van der Waals surface area (Å²) in [6.45, 7) is 2.04. The summed E-state index contributed by atoms with van der Waals surface area (Å²) in [5.41, 5.74) is 2.96. The minimum atomic E-state index is 0.450. The molecule has 0 fully saturated rings. The Balaban J connectivity index is 1.44. The molecule has 0 atom stereocenters. The average molecular weight is 429 g/mol. The largest absolute Gasteiger partial charge is 0.411 e. The predicted octanol–water partition coefficient (Wildman–Crippen LogP) is 5.15. The number of hydrogen-bond donors (Lipinski definition) is 0. The van der Waals surface area contributed by atoms with E-state index in [1.807, 2.05) is 55.5 Å². The molecule has 0 radical (unpaired) electrons. The molecule has 0 amide bonds. The van der Waals surface area contributed by atoms with E-state index >= 15 is 0 Å². The molecule has 0 saturated carbocycles. The topological polar surface area (TPSA) is 77.8 Å². The number of hydrogen-bond acceptors (Lipinski definition) is 7. The first-order valence-electron chi connectivity index (χ1n) is 7.80. The molecule has 4 aromatic rings. The van der Waals surface area contributed by atoms with Crippen molar-refractivity contribution in [2.45, 2.75) is 17.9 Å². The van der Waals surface area contributed by atoms with Crippen LogP contribution in [0, 0.1) is 6.92 Å². The van der Waals surface area contributed by atoms with Crippen molar-refractivity contribution in [2.75, 3.05) is 0 Å². The molecular formula is C18H13BrN4O2S. The molecule has 0 aliphatic rings. The van der Waals surface area contributed by atoms with Crippen LogP contribution in [0.5, 0.6) is 0 Å². The van der Waals surface area contributed by atoms with Gasteiger partial charge < -0.3 is 8.94 Å². The third kappa shape index (κ3) is 3.71. The summed E-state index contributed by atoms with van der Waals surface area (Å²) in [6.07, 6.45) is 0. The van der Waals surface area contributed by atoms with Gasteiger partial charge >= 0.3 is 0 Å². The van der Waals surface area contributed by atoms with E-state index in [9.17, 15) is 0 Å². The van der Waals surface area contributed by atoms with Crippen LogP contribution in [0.1, 0.15) is 11.5 Å². The number of halogens is 1. The Morgan fingerprint density at radius 1 is 1.04 bits per heavy atom. The van der Waals surface area contributed by atoms with Crippen LogP contribution in [0.2, 0.25) is 0 Å². The normalized spacial score (nSPS) is 11.0. The second kappa shape index (κ2) is 7.43. The summed E-state index contributed by atoms with van der Waals surface area (Å²) in [5.74, 6) is 1.99. The van der Waals surface area contributed by atoms with Crippen molar-refractivity contribution in [2.24, 2.45) is 0 Å². The maximum absolute atomic E-state index is 5.70. The minimum Gasteiger partial charge on any atom is -0.411 e. The maximum Gasteiger partial charge on any atom is 0.277 e. The smallest absolute Gasteiger partial charge is 0.277 e. The van der Waals surface area contributed by atoms with Crippen LogP contribution in [0.3, 0.4) is 0 Å². The van der Waals surface area contributed by atoms with Crippen LogP contribution >= 0.6 is 27.7 Å². The summed E-state index contributed by atoms with van der Waals surface area (Å²) >= 11 is 4.83. The lowest BCUT2D eigenvalue weighted by molar-refractivity contribution is 0.391. The second-order valence-electron chi connectivity index (χ2n) is 5.52. The van der Waals surface area contributed by atoms with Gasteiger partial charge in [-0.2, -0.15) is 4.98 Å². The summed E-state index contributed by atoms with van der Waals surface area (Å²) in [7, 11) is 0. The summed E-state index contributed by atoms with van der Waals surface area (Å²) < 4.78 is 11.9. The fourth-order valence-electron chi connectivity index (χ4n) is 2.27. The zero-order valence-corrected chi connectivity index (χ0v) is 16.1. The zero-order chi connectivity index (χ0) is 17.9. The molecule has 0 saturated heterocycles. The highest BCUT2D eigenvalue weighted by Crippen LogP contribution is 2.30. The van der Waals surface area contributed by atoms with Gasteiger partial charge in [0, 0.05) is 10.0 Å². The molecule has 2 heterocycles. The van der Waals surface area contributed by atoms with Crippen LogP contribution in [-0.2, 0) is 5.75 Å². The first kappa shape index (κ1) is 17.0. The van der Waals surface area contributed by atoms with Gasteiger partial charge in [0.05, 0.1) is 11.3 Å². The van der Waals surface area contributed by atoms with Crippen molar-refractivity contribution in [1.82, 2.24) is 20.3 Å². The third-order valence-corrected chi connectivity index (χ3v) is 5.10. The van der Waals surface area contributed by atoms with Crippen molar-refractivity contribution in [3.05, 3.63) is 64.5 Å². The maximum atomic E-state index is 5.70. The summed E-state index contributed by atoms with van der Waals surface area (Å²) in [4.78, 5) is 4.41. The minimum absolute atomic E-state index is 0.450. The predicted molar refractivity (Wildman–Crippen MR) is 101 cm³/mol. The number of rotatable bonds is 5. The fraction of sp³-hybridized carbons (Fsp3) is 0.111. The van der Waals surface area contributed by atoms with E-state index in [2.05, 4.69) is 36.3 Å². The molecule has 0 unspecified atom stereocenters. The Kier molecular flexibility index (Phi) is 4.85. The molecule has 0 N–H and O–H groups in total. The lowest BCUT2D eigenvalue weighted by atomic mass is 10.1. The Bertz CT molecular complexity index is 1030. The van der Waals surface area contributed by atoms with Crippen LogP contribution in [0.15, 0.2) is 67.2 Å². The van der Waals surface area contributed by atoms with E-state index in [1.54, 1.807) is 0 Å². The van der Waals surface area contributed by atoms with Crippen LogP contribution in [0.4, 0.5) is 0 Å². The molecule has 4 rings (SSSR count). The fourth-order valence-corrected chi connectivity index (χ4v) is 3.32. The molecule has 0 bridgehead atoms. The quantitative estimate of drug-likeness (QED) is 0.406. The molecule has 6 nitrogen and oxygen atoms in total. The van der Waals surface area contributed by atoms with Gasteiger partial charge in [0.15, 0.2) is 0 Å². The van der Waals surface area contributed by atoms with Crippen molar-refractivity contribution in [1.29, 1.82) is 0 Å². The van der Waals surface area contributed by atoms with E-state index in [-0.39, 0.29) is 0 Å². The highest BCUT2D eigenvalue weighted by molar-refractivity contribution is 9.10. The Morgan fingerprint density at radius 2 is 1.85 bits per heavy atom. The van der Waals surface area contributed by atoms with Gasteiger partial charge in [-0.15, -0.1) is 10.2 Å². The first-order valence-corrected chi connectivity index (χ1v) is 9.58. The monoisotopic (exact) mass is 428 g/mol. The van der Waals surface area contributed by atoms with Gasteiger partial charge in [-0.05, 0) is 35.0 Å². The number of aromatic nitrogens is 4. The van der Waals surface area contributed by atoms with Gasteiger partial charge in [0.25, 0.3) is 5.22 Å². The van der Waals surface area contributed by atoms with E-state index in [0.717, 1.165) is 15.6 Å². The molecule has 0 spiro atoms. The van der Waals surface area contributed by atoms with E-state index in [0.29, 0.717) is 28.6 Å². The average Bonchev–Trinajstić information content (AvgIpc) is 3.30. The van der Waals surface area contributed by atoms with Crippen molar-refractivity contribution < 1.29 is 8.94 Å². The number of nitrogens with zero attached hydrogens (tertiary/aromatic N) is 4. The third-order valence-electron chi connectivity index (χ3n) is 3.61. The van der Waals surface area contributed by atoms with Crippen molar-refractivity contribution in [3.63, 3.8) is 0 Å². The summed E-state index contributed by atoms with van der Waals surface area (Å²) in [5, 5.41) is 12.6. The second-order valence-corrected chi connectivity index (χ2v) is 7.30. The van der Waals surface area contributed by atoms with Gasteiger partial charge in [-0.25, -0.2) is 0 Å². The van der Waals surface area contributed by atoms with Crippen molar-refractivity contribution >= 4 is 27.7 Å². The molecule has 26 heavy (non-hydrogen) atoms. The van der Waals surface area contributed by atoms with Gasteiger partial charge in [-0.1, -0.05) is 58.9 Å². The Hall–Kier alpha value is -2.45.